The van der Waals surface area contributed by atoms with Crippen molar-refractivity contribution >= 4 is 28.9 Å². The zero-order valence-electron chi connectivity index (χ0n) is 11.2. The van der Waals surface area contributed by atoms with Crippen LogP contribution in [-0.4, -0.2) is 16.7 Å². The lowest BCUT2D eigenvalue weighted by molar-refractivity contribution is 0.602. The van der Waals surface area contributed by atoms with Gasteiger partial charge in [0.1, 0.15) is 0 Å². The van der Waals surface area contributed by atoms with Crippen molar-refractivity contribution in [3.63, 3.8) is 0 Å². The summed E-state index contributed by atoms with van der Waals surface area (Å²) in [4.78, 5) is 2.31. The molecular weight excluding hydrogens is 293 g/mol. The van der Waals surface area contributed by atoms with Crippen LogP contribution in [0.2, 0.25) is 10.2 Å². The maximum atomic E-state index is 6.32. The van der Waals surface area contributed by atoms with Crippen LogP contribution in [0.1, 0.15) is 30.6 Å². The molecule has 5 heteroatoms. The van der Waals surface area contributed by atoms with Crippen LogP contribution in [0.5, 0.6) is 0 Å². The first kappa shape index (κ1) is 13.7. The van der Waals surface area contributed by atoms with Crippen LogP contribution in [-0.2, 0) is 6.42 Å². The minimum absolute atomic E-state index is 0.183. The zero-order valence-corrected chi connectivity index (χ0v) is 12.7. The molecule has 0 fully saturated rings. The molecule has 0 saturated heterocycles. The van der Waals surface area contributed by atoms with Crippen molar-refractivity contribution in [2.75, 3.05) is 11.4 Å². The Kier molecular flexibility index (Phi) is 3.81. The summed E-state index contributed by atoms with van der Waals surface area (Å²) >= 11 is 12.3. The molecule has 0 bridgehead atoms. The lowest BCUT2D eigenvalue weighted by atomic mass is 10.0. The molecule has 2 heterocycles. The van der Waals surface area contributed by atoms with Gasteiger partial charge in [0.2, 0.25) is 0 Å². The zero-order chi connectivity index (χ0) is 14.1. The summed E-state index contributed by atoms with van der Waals surface area (Å²) in [5.74, 6) is 0. The Bertz CT molecular complexity index is 630. The SMILES string of the molecule is CC(c1ccccc1Cl)N1CCCc2nnc(Cl)cc21. The van der Waals surface area contributed by atoms with Crippen molar-refractivity contribution in [2.24, 2.45) is 0 Å². The van der Waals surface area contributed by atoms with E-state index in [1.807, 2.05) is 24.3 Å². The second kappa shape index (κ2) is 5.58. The number of nitrogens with zero attached hydrogens (tertiary/aromatic N) is 3. The molecule has 0 aliphatic carbocycles. The van der Waals surface area contributed by atoms with Crippen molar-refractivity contribution in [1.82, 2.24) is 10.2 Å². The average Bonchev–Trinajstić information content (AvgIpc) is 2.46. The first-order chi connectivity index (χ1) is 9.66. The van der Waals surface area contributed by atoms with Crippen molar-refractivity contribution in [3.8, 4) is 0 Å². The van der Waals surface area contributed by atoms with E-state index < -0.39 is 0 Å². The summed E-state index contributed by atoms with van der Waals surface area (Å²) < 4.78 is 0. The molecule has 0 spiro atoms. The van der Waals surface area contributed by atoms with E-state index in [0.29, 0.717) is 5.15 Å². The maximum absolute atomic E-state index is 6.32. The van der Waals surface area contributed by atoms with E-state index in [1.54, 1.807) is 0 Å². The predicted octanol–water partition coefficient (Wildman–Crippen LogP) is 4.30. The predicted molar refractivity (Wildman–Crippen MR) is 82.6 cm³/mol. The van der Waals surface area contributed by atoms with Gasteiger partial charge in [-0.15, -0.1) is 5.10 Å². The molecule has 0 radical (unpaired) electrons. The quantitative estimate of drug-likeness (QED) is 0.828. The monoisotopic (exact) mass is 307 g/mol. The van der Waals surface area contributed by atoms with E-state index in [2.05, 4.69) is 28.1 Å². The molecule has 2 aromatic rings. The molecule has 1 aliphatic rings. The first-order valence-electron chi connectivity index (χ1n) is 6.70. The standard InChI is InChI=1S/C15H15Cl2N3/c1-10(11-5-2-3-6-12(11)16)20-8-4-7-13-14(20)9-15(17)19-18-13/h2-3,5-6,9-10H,4,7-8H2,1H3. The van der Waals surface area contributed by atoms with Gasteiger partial charge in [0.15, 0.2) is 5.15 Å². The highest BCUT2D eigenvalue weighted by molar-refractivity contribution is 6.31. The van der Waals surface area contributed by atoms with Crippen LogP contribution < -0.4 is 4.90 Å². The number of anilines is 1. The largest absolute Gasteiger partial charge is 0.363 e. The average molecular weight is 308 g/mol. The maximum Gasteiger partial charge on any atom is 0.153 e. The fraction of sp³-hybridized carbons (Fsp3) is 0.333. The van der Waals surface area contributed by atoms with Crippen LogP contribution >= 0.6 is 23.2 Å². The van der Waals surface area contributed by atoms with E-state index in [-0.39, 0.29) is 6.04 Å². The van der Waals surface area contributed by atoms with Gasteiger partial charge in [-0.25, -0.2) is 0 Å². The van der Waals surface area contributed by atoms with Gasteiger partial charge in [0.25, 0.3) is 0 Å². The second-order valence-corrected chi connectivity index (χ2v) is 5.79. The smallest absolute Gasteiger partial charge is 0.153 e. The number of fused-ring (bicyclic) bond motifs is 1. The molecule has 1 atom stereocenters. The summed E-state index contributed by atoms with van der Waals surface area (Å²) in [6.07, 6.45) is 2.02. The number of benzene rings is 1. The molecule has 20 heavy (non-hydrogen) atoms. The number of aryl methyl sites for hydroxylation is 1. The number of hydrogen-bond donors (Lipinski definition) is 0. The van der Waals surface area contributed by atoms with Gasteiger partial charge in [-0.3, -0.25) is 0 Å². The number of halogens is 2. The summed E-state index contributed by atoms with van der Waals surface area (Å²) in [5, 5.41) is 9.37. The Morgan fingerprint density at radius 1 is 1.20 bits per heavy atom. The lowest BCUT2D eigenvalue weighted by Gasteiger charge is -2.36. The van der Waals surface area contributed by atoms with Crippen molar-refractivity contribution < 1.29 is 0 Å². The molecule has 1 aromatic heterocycles. The Morgan fingerprint density at radius 2 is 2.00 bits per heavy atom. The summed E-state index contributed by atoms with van der Waals surface area (Å²) in [7, 11) is 0. The second-order valence-electron chi connectivity index (χ2n) is 4.99. The van der Waals surface area contributed by atoms with Gasteiger partial charge in [-0.05, 0) is 31.4 Å². The Labute approximate surface area is 128 Å². The highest BCUT2D eigenvalue weighted by Crippen LogP contribution is 2.35. The third-order valence-corrected chi connectivity index (χ3v) is 4.29. The molecule has 0 saturated carbocycles. The van der Waals surface area contributed by atoms with Crippen molar-refractivity contribution in [2.45, 2.75) is 25.8 Å². The molecule has 0 amide bonds. The molecule has 1 unspecified atom stereocenters. The lowest BCUT2D eigenvalue weighted by Crippen LogP contribution is -2.32. The minimum atomic E-state index is 0.183. The van der Waals surface area contributed by atoms with E-state index in [4.69, 9.17) is 23.2 Å². The number of hydrogen-bond acceptors (Lipinski definition) is 3. The van der Waals surface area contributed by atoms with Gasteiger partial charge in [-0.2, -0.15) is 5.10 Å². The molecule has 1 aliphatic heterocycles. The Balaban J connectivity index is 2.00. The molecule has 3 nitrogen and oxygen atoms in total. The summed E-state index contributed by atoms with van der Waals surface area (Å²) in [5.41, 5.74) is 3.21. The molecular formula is C15H15Cl2N3. The fourth-order valence-electron chi connectivity index (χ4n) is 2.73. The van der Waals surface area contributed by atoms with E-state index >= 15 is 0 Å². The molecule has 104 valence electrons. The van der Waals surface area contributed by atoms with Gasteiger partial charge < -0.3 is 4.90 Å². The number of rotatable bonds is 2. The van der Waals surface area contributed by atoms with Crippen LogP contribution in [0.25, 0.3) is 0 Å². The number of aromatic nitrogens is 2. The van der Waals surface area contributed by atoms with Crippen LogP contribution in [0, 0.1) is 0 Å². The van der Waals surface area contributed by atoms with Gasteiger partial charge in [0, 0.05) is 17.6 Å². The highest BCUT2D eigenvalue weighted by atomic mass is 35.5. The molecule has 3 rings (SSSR count). The molecule has 1 aromatic carbocycles. The van der Waals surface area contributed by atoms with Gasteiger partial charge in [0.05, 0.1) is 17.4 Å². The van der Waals surface area contributed by atoms with E-state index in [0.717, 1.165) is 41.4 Å². The van der Waals surface area contributed by atoms with Crippen LogP contribution in [0.15, 0.2) is 30.3 Å². The molecule has 0 N–H and O–H groups in total. The highest BCUT2D eigenvalue weighted by Gasteiger charge is 2.25. The topological polar surface area (TPSA) is 29.0 Å². The minimum Gasteiger partial charge on any atom is -0.363 e. The van der Waals surface area contributed by atoms with Crippen LogP contribution in [0.3, 0.4) is 0 Å². The van der Waals surface area contributed by atoms with Crippen molar-refractivity contribution in [3.05, 3.63) is 51.8 Å². The van der Waals surface area contributed by atoms with Gasteiger partial charge >= 0.3 is 0 Å². The summed E-state index contributed by atoms with van der Waals surface area (Å²) in [6.45, 7) is 3.13. The summed E-state index contributed by atoms with van der Waals surface area (Å²) in [6, 6.07) is 10.0. The fourth-order valence-corrected chi connectivity index (χ4v) is 3.17. The van der Waals surface area contributed by atoms with E-state index in [9.17, 15) is 0 Å². The van der Waals surface area contributed by atoms with Gasteiger partial charge in [-0.1, -0.05) is 41.4 Å². The third-order valence-electron chi connectivity index (χ3n) is 3.76. The third kappa shape index (κ3) is 2.48. The normalized spacial score (nSPS) is 15.8. The van der Waals surface area contributed by atoms with Crippen LogP contribution in [0.4, 0.5) is 5.69 Å². The van der Waals surface area contributed by atoms with E-state index in [1.165, 1.54) is 0 Å². The van der Waals surface area contributed by atoms with Crippen molar-refractivity contribution in [1.29, 1.82) is 0 Å². The first-order valence-corrected chi connectivity index (χ1v) is 7.45. The Hall–Kier alpha value is -1.32. The Morgan fingerprint density at radius 3 is 2.80 bits per heavy atom.